The van der Waals surface area contributed by atoms with E-state index in [0.717, 1.165) is 6.20 Å². The fraction of sp³-hybridized carbons (Fsp3) is 0.308. The van der Waals surface area contributed by atoms with Crippen LogP contribution < -0.4 is 5.73 Å². The maximum atomic E-state index is 13.3. The van der Waals surface area contributed by atoms with E-state index < -0.39 is 23.3 Å². The number of fused-ring (bicyclic) bond motifs is 1. The monoisotopic (exact) mass is 302 g/mol. The summed E-state index contributed by atoms with van der Waals surface area (Å²) in [5.41, 5.74) is 1.66. The highest BCUT2D eigenvalue weighted by Gasteiger charge is 2.63. The molecule has 0 spiro atoms. The Balaban J connectivity index is 2.70. The van der Waals surface area contributed by atoms with Gasteiger partial charge >= 0.3 is 12.1 Å². The van der Waals surface area contributed by atoms with E-state index in [0.29, 0.717) is 5.52 Å². The molecule has 0 saturated heterocycles. The van der Waals surface area contributed by atoms with Crippen LogP contribution in [-0.2, 0) is 15.1 Å². The predicted molar refractivity (Wildman–Crippen MR) is 69.3 cm³/mol. The van der Waals surface area contributed by atoms with E-state index in [1.807, 2.05) is 0 Å². The summed E-state index contributed by atoms with van der Waals surface area (Å²) in [4.78, 5) is 14.3. The minimum absolute atomic E-state index is 0.00266. The molecule has 2 rings (SSSR count). The Morgan fingerprint density at radius 1 is 1.43 bits per heavy atom. The Kier molecular flexibility index (Phi) is 3.58. The molecule has 1 atom stereocenters. The second-order valence-corrected chi connectivity index (χ2v) is 4.44. The minimum atomic E-state index is -5.24. The second kappa shape index (κ2) is 4.96. The normalized spacial score (nSPS) is 14.9. The third-order valence-corrected chi connectivity index (χ3v) is 3.08. The van der Waals surface area contributed by atoms with Gasteiger partial charge in [0.15, 0.2) is 0 Å². The van der Waals surface area contributed by atoms with E-state index >= 15 is 0 Å². The number of aromatic nitrogens is 1. The van der Waals surface area contributed by atoms with Crippen molar-refractivity contribution in [1.82, 2.24) is 4.98 Å². The van der Waals surface area contributed by atoms with Gasteiger partial charge in [0.25, 0.3) is 5.60 Å². The van der Waals surface area contributed by atoms with Crippen molar-refractivity contribution in [2.24, 2.45) is 0 Å². The number of aliphatic hydroxyl groups is 1. The Morgan fingerprint density at radius 2 is 2.10 bits per heavy atom. The van der Waals surface area contributed by atoms with E-state index in [-0.39, 0.29) is 17.7 Å². The lowest BCUT2D eigenvalue weighted by Gasteiger charge is -2.27. The molecule has 1 aromatic carbocycles. The van der Waals surface area contributed by atoms with E-state index in [4.69, 9.17) is 5.73 Å². The van der Waals surface area contributed by atoms with Gasteiger partial charge in [-0.15, -0.1) is 0 Å². The molecule has 21 heavy (non-hydrogen) atoms. The summed E-state index contributed by atoms with van der Waals surface area (Å²) in [7, 11) is 0. The average Bonchev–Trinajstić information content (AvgIpc) is 2.79. The molecule has 0 bridgehead atoms. The number of hydrogen-bond acceptors (Lipinski definition) is 4. The molecule has 0 saturated carbocycles. The molecule has 1 heterocycles. The van der Waals surface area contributed by atoms with Crippen LogP contribution in [0.4, 0.5) is 18.9 Å². The fourth-order valence-corrected chi connectivity index (χ4v) is 2.05. The van der Waals surface area contributed by atoms with Crippen molar-refractivity contribution in [1.29, 1.82) is 0 Å². The van der Waals surface area contributed by atoms with Gasteiger partial charge in [-0.05, 0) is 25.1 Å². The molecule has 114 valence electrons. The van der Waals surface area contributed by atoms with Crippen LogP contribution in [0, 0.1) is 0 Å². The number of ether oxygens (including phenoxy) is 1. The third kappa shape index (κ3) is 2.31. The molecule has 0 aliphatic rings. The zero-order valence-corrected chi connectivity index (χ0v) is 11.0. The molecule has 5 nitrogen and oxygen atoms in total. The van der Waals surface area contributed by atoms with Gasteiger partial charge < -0.3 is 20.6 Å². The van der Waals surface area contributed by atoms with Crippen molar-refractivity contribution in [2.75, 3.05) is 12.3 Å². The largest absolute Gasteiger partial charge is 0.463 e. The maximum Gasteiger partial charge on any atom is 0.432 e. The summed E-state index contributed by atoms with van der Waals surface area (Å²) >= 11 is 0. The maximum absolute atomic E-state index is 13.3. The van der Waals surface area contributed by atoms with Crippen LogP contribution in [0.1, 0.15) is 12.5 Å². The summed E-state index contributed by atoms with van der Waals surface area (Å²) in [5, 5.41) is 10.0. The number of alkyl halides is 3. The Morgan fingerprint density at radius 3 is 2.67 bits per heavy atom. The number of anilines is 1. The quantitative estimate of drug-likeness (QED) is 0.598. The Bertz CT molecular complexity index is 681. The van der Waals surface area contributed by atoms with E-state index in [2.05, 4.69) is 9.72 Å². The number of nitrogens with two attached hydrogens (primary N) is 1. The molecular formula is C13H13F3N2O3. The van der Waals surface area contributed by atoms with Crippen LogP contribution in [0.25, 0.3) is 10.9 Å². The minimum Gasteiger partial charge on any atom is -0.463 e. The fourth-order valence-electron chi connectivity index (χ4n) is 2.05. The van der Waals surface area contributed by atoms with Gasteiger partial charge in [-0.1, -0.05) is 0 Å². The van der Waals surface area contributed by atoms with E-state index in [1.165, 1.54) is 25.1 Å². The van der Waals surface area contributed by atoms with Crippen molar-refractivity contribution in [2.45, 2.75) is 18.7 Å². The van der Waals surface area contributed by atoms with Crippen molar-refractivity contribution in [3.05, 3.63) is 30.0 Å². The average molecular weight is 302 g/mol. The van der Waals surface area contributed by atoms with Crippen LogP contribution in [-0.4, -0.2) is 28.8 Å². The van der Waals surface area contributed by atoms with E-state index in [9.17, 15) is 23.1 Å². The molecule has 1 aromatic heterocycles. The summed E-state index contributed by atoms with van der Waals surface area (Å²) in [6, 6.07) is 4.19. The van der Waals surface area contributed by atoms with Crippen molar-refractivity contribution in [3.8, 4) is 0 Å². The highest BCUT2D eigenvalue weighted by atomic mass is 19.4. The van der Waals surface area contributed by atoms with Gasteiger partial charge in [-0.3, -0.25) is 0 Å². The van der Waals surface area contributed by atoms with Crippen LogP contribution in [0.5, 0.6) is 0 Å². The third-order valence-electron chi connectivity index (χ3n) is 3.08. The number of hydrogen-bond donors (Lipinski definition) is 3. The number of aromatic amines is 1. The standard InChI is InChI=1S/C13H13F3N2O3/c1-2-21-11(19)12(20,13(14,15)16)9-6-18-10-4-3-7(17)5-8(9)10/h3-6,18,20H,2,17H2,1H3. The number of benzene rings is 1. The molecule has 0 aliphatic heterocycles. The number of nitrogens with one attached hydrogen (secondary N) is 1. The summed E-state index contributed by atoms with van der Waals surface area (Å²) in [6.45, 7) is 1.06. The molecule has 0 amide bonds. The van der Waals surface area contributed by atoms with Crippen molar-refractivity contribution >= 4 is 22.6 Å². The number of carbonyl (C=O) groups is 1. The summed E-state index contributed by atoms with van der Waals surface area (Å²) in [5.74, 6) is -1.78. The first-order valence-electron chi connectivity index (χ1n) is 6.05. The second-order valence-electron chi connectivity index (χ2n) is 4.44. The first-order valence-corrected chi connectivity index (χ1v) is 6.05. The van der Waals surface area contributed by atoms with Gasteiger partial charge in [0.2, 0.25) is 0 Å². The molecule has 2 aromatic rings. The number of rotatable bonds is 3. The van der Waals surface area contributed by atoms with Crippen LogP contribution in [0.2, 0.25) is 0 Å². The predicted octanol–water partition coefficient (Wildman–Crippen LogP) is 2.06. The lowest BCUT2D eigenvalue weighted by atomic mass is 9.92. The number of carbonyl (C=O) groups excluding carboxylic acids is 1. The SMILES string of the molecule is CCOC(=O)C(O)(c1c[nH]c2ccc(N)cc12)C(F)(F)F. The molecule has 8 heteroatoms. The van der Waals surface area contributed by atoms with Gasteiger partial charge in [-0.25, -0.2) is 4.79 Å². The lowest BCUT2D eigenvalue weighted by Crippen LogP contribution is -2.50. The zero-order valence-electron chi connectivity index (χ0n) is 11.0. The van der Waals surface area contributed by atoms with Gasteiger partial charge in [0.1, 0.15) is 0 Å². The van der Waals surface area contributed by atoms with Gasteiger partial charge in [-0.2, -0.15) is 13.2 Å². The van der Waals surface area contributed by atoms with Crippen molar-refractivity contribution < 1.29 is 27.8 Å². The first kappa shape index (κ1) is 15.2. The van der Waals surface area contributed by atoms with Crippen molar-refractivity contribution in [3.63, 3.8) is 0 Å². The number of H-pyrrole nitrogens is 1. The highest BCUT2D eigenvalue weighted by Crippen LogP contribution is 2.43. The van der Waals surface area contributed by atoms with Crippen LogP contribution in [0.3, 0.4) is 0 Å². The first-order chi connectivity index (χ1) is 9.71. The number of esters is 1. The lowest BCUT2D eigenvalue weighted by molar-refractivity contribution is -0.267. The van der Waals surface area contributed by atoms with Crippen LogP contribution in [0.15, 0.2) is 24.4 Å². The molecule has 0 fully saturated rings. The zero-order chi connectivity index (χ0) is 15.8. The topological polar surface area (TPSA) is 88.3 Å². The molecule has 1 unspecified atom stereocenters. The number of nitrogen functional groups attached to an aromatic ring is 1. The molecule has 4 N–H and O–H groups in total. The molecule has 0 radical (unpaired) electrons. The Labute approximate surface area is 117 Å². The van der Waals surface area contributed by atoms with E-state index in [1.54, 1.807) is 0 Å². The van der Waals surface area contributed by atoms with Gasteiger partial charge in [0, 0.05) is 28.4 Å². The number of halogens is 3. The smallest absolute Gasteiger partial charge is 0.432 e. The summed E-state index contributed by atoms with van der Waals surface area (Å²) < 4.78 is 44.2. The van der Waals surface area contributed by atoms with Crippen LogP contribution >= 0.6 is 0 Å². The van der Waals surface area contributed by atoms with Gasteiger partial charge in [0.05, 0.1) is 6.61 Å². The molecular weight excluding hydrogens is 289 g/mol. The molecule has 0 aliphatic carbocycles. The summed E-state index contributed by atoms with van der Waals surface area (Å²) in [6.07, 6.45) is -4.31. The Hall–Kier alpha value is -2.22. The highest BCUT2D eigenvalue weighted by molar-refractivity contribution is 5.93.